The number of nitrogens with one attached hydrogen (secondary N) is 2. The van der Waals surface area contributed by atoms with Gasteiger partial charge in [-0.25, -0.2) is 4.98 Å². The molecule has 4 atom stereocenters. The van der Waals surface area contributed by atoms with Gasteiger partial charge in [0.25, 0.3) is 0 Å². The summed E-state index contributed by atoms with van der Waals surface area (Å²) in [5, 5.41) is 3.02. The molecule has 3 aromatic rings. The van der Waals surface area contributed by atoms with Gasteiger partial charge in [-0.15, -0.1) is 0 Å². The van der Waals surface area contributed by atoms with Crippen molar-refractivity contribution in [2.75, 3.05) is 5.32 Å². The van der Waals surface area contributed by atoms with Crippen LogP contribution in [0.5, 0.6) is 0 Å². The summed E-state index contributed by atoms with van der Waals surface area (Å²) >= 11 is 0. The summed E-state index contributed by atoms with van der Waals surface area (Å²) < 4.78 is 0. The van der Waals surface area contributed by atoms with Crippen molar-refractivity contribution >= 4 is 22.9 Å². The number of amides is 1. The van der Waals surface area contributed by atoms with E-state index in [4.69, 9.17) is 0 Å². The van der Waals surface area contributed by atoms with E-state index < -0.39 is 0 Å². The lowest BCUT2D eigenvalue weighted by Crippen LogP contribution is -2.15. The van der Waals surface area contributed by atoms with Crippen LogP contribution in [0, 0.1) is 17.8 Å². The number of anilines is 1. The number of fused-ring (bicyclic) bond motifs is 1. The van der Waals surface area contributed by atoms with E-state index in [2.05, 4.69) is 45.6 Å². The summed E-state index contributed by atoms with van der Waals surface area (Å²) in [6, 6.07) is 16.9. The minimum atomic E-state index is 0.0533. The van der Waals surface area contributed by atoms with Crippen LogP contribution < -0.4 is 5.32 Å². The Bertz CT molecular complexity index is 1100. The van der Waals surface area contributed by atoms with E-state index in [0.717, 1.165) is 29.3 Å². The van der Waals surface area contributed by atoms with E-state index in [1.54, 1.807) is 0 Å². The maximum Gasteiger partial charge on any atom is 0.230 e. The number of carbonyl (C=O) groups excluding carboxylic acids is 1. The van der Waals surface area contributed by atoms with Crippen LogP contribution in [-0.4, -0.2) is 15.9 Å². The second-order valence-electron chi connectivity index (χ2n) is 10.4. The molecule has 1 amide bonds. The fraction of sp³-hybridized carbons (Fsp3) is 0.500. The van der Waals surface area contributed by atoms with Crippen LogP contribution in [0.15, 0.2) is 48.5 Å². The lowest BCUT2D eigenvalue weighted by atomic mass is 9.85. The Kier molecular flexibility index (Phi) is 5.24. The van der Waals surface area contributed by atoms with Crippen molar-refractivity contribution in [3.63, 3.8) is 0 Å². The Labute approximate surface area is 190 Å². The number of benzene rings is 2. The molecule has 0 bridgehead atoms. The molecule has 4 nitrogen and oxygen atoms in total. The van der Waals surface area contributed by atoms with Gasteiger partial charge in [-0.05, 0) is 66.2 Å². The Morgan fingerprint density at radius 2 is 1.78 bits per heavy atom. The molecule has 3 fully saturated rings. The van der Waals surface area contributed by atoms with Gasteiger partial charge < -0.3 is 4.98 Å². The van der Waals surface area contributed by atoms with E-state index in [1.165, 1.54) is 62.5 Å². The fourth-order valence-corrected chi connectivity index (χ4v) is 5.98. The molecule has 4 heteroatoms. The van der Waals surface area contributed by atoms with Gasteiger partial charge in [-0.2, -0.15) is 0 Å². The van der Waals surface area contributed by atoms with Gasteiger partial charge in [0, 0.05) is 5.92 Å². The highest BCUT2D eigenvalue weighted by molar-refractivity contribution is 5.95. The van der Waals surface area contributed by atoms with E-state index in [-0.39, 0.29) is 11.8 Å². The third kappa shape index (κ3) is 4.20. The first-order valence-corrected chi connectivity index (χ1v) is 12.6. The van der Waals surface area contributed by atoms with E-state index in [1.807, 2.05) is 18.2 Å². The third-order valence-electron chi connectivity index (χ3n) is 8.12. The molecule has 0 spiro atoms. The quantitative estimate of drug-likeness (QED) is 0.437. The number of aromatic amines is 1. The molecule has 0 aliphatic heterocycles. The maximum atomic E-state index is 12.7. The van der Waals surface area contributed by atoms with Crippen LogP contribution in [0.25, 0.3) is 11.0 Å². The normalized spacial score (nSPS) is 27.4. The largest absolute Gasteiger partial charge is 0.324 e. The van der Waals surface area contributed by atoms with Crippen LogP contribution in [0.2, 0.25) is 0 Å². The number of nitrogens with zero attached hydrogens (tertiary/aromatic N) is 1. The van der Waals surface area contributed by atoms with Gasteiger partial charge >= 0.3 is 0 Å². The smallest absolute Gasteiger partial charge is 0.230 e. The number of hydrogen-bond acceptors (Lipinski definition) is 2. The van der Waals surface area contributed by atoms with Crippen molar-refractivity contribution < 1.29 is 4.79 Å². The molecule has 0 saturated heterocycles. The van der Waals surface area contributed by atoms with Gasteiger partial charge in [0.15, 0.2) is 0 Å². The number of H-pyrrole nitrogens is 1. The first-order valence-electron chi connectivity index (χ1n) is 12.6. The van der Waals surface area contributed by atoms with Gasteiger partial charge in [0.1, 0.15) is 0 Å². The number of imidazole rings is 1. The Morgan fingerprint density at radius 1 is 0.938 bits per heavy atom. The molecular formula is C28H33N3O. The predicted molar refractivity (Wildman–Crippen MR) is 129 cm³/mol. The maximum absolute atomic E-state index is 12.7. The number of rotatable bonds is 7. The molecule has 1 aromatic heterocycles. The molecule has 3 aliphatic rings. The van der Waals surface area contributed by atoms with E-state index in [0.29, 0.717) is 17.8 Å². The van der Waals surface area contributed by atoms with Crippen LogP contribution in [0.3, 0.4) is 0 Å². The number of aromatic nitrogens is 2. The lowest BCUT2D eigenvalue weighted by Gasteiger charge is -2.21. The van der Waals surface area contributed by atoms with Gasteiger partial charge in [-0.1, -0.05) is 74.9 Å². The summed E-state index contributed by atoms with van der Waals surface area (Å²) in [6.07, 6.45) is 12.3. The van der Waals surface area contributed by atoms with Gasteiger partial charge in [0.05, 0.1) is 11.0 Å². The molecule has 2 N–H and O–H groups in total. The lowest BCUT2D eigenvalue weighted by molar-refractivity contribution is -0.117. The summed E-state index contributed by atoms with van der Waals surface area (Å²) in [7, 11) is 0. The second-order valence-corrected chi connectivity index (χ2v) is 10.4. The van der Waals surface area contributed by atoms with E-state index in [9.17, 15) is 4.79 Å². The molecule has 3 aliphatic carbocycles. The molecule has 0 radical (unpaired) electrons. The monoisotopic (exact) mass is 427 g/mol. The highest BCUT2D eigenvalue weighted by Crippen LogP contribution is 2.51. The third-order valence-corrected chi connectivity index (χ3v) is 8.12. The molecular weight excluding hydrogens is 394 g/mol. The second kappa shape index (κ2) is 8.38. The van der Waals surface area contributed by atoms with Crippen molar-refractivity contribution in [3.8, 4) is 0 Å². The van der Waals surface area contributed by atoms with E-state index >= 15 is 0 Å². The van der Waals surface area contributed by atoms with Crippen LogP contribution in [-0.2, 0) is 4.79 Å². The first-order chi connectivity index (χ1) is 15.7. The highest BCUT2D eigenvalue weighted by Gasteiger charge is 2.44. The van der Waals surface area contributed by atoms with Gasteiger partial charge in [-0.3, -0.25) is 10.1 Å². The fourth-order valence-electron chi connectivity index (χ4n) is 5.98. The number of hydrogen-bond donors (Lipinski definition) is 2. The minimum Gasteiger partial charge on any atom is -0.324 e. The highest BCUT2D eigenvalue weighted by atomic mass is 16.2. The van der Waals surface area contributed by atoms with Crippen LogP contribution >= 0.6 is 0 Å². The van der Waals surface area contributed by atoms with Crippen molar-refractivity contribution in [1.29, 1.82) is 0 Å². The molecule has 4 unspecified atom stereocenters. The van der Waals surface area contributed by atoms with Crippen molar-refractivity contribution in [3.05, 3.63) is 59.7 Å². The number of carbonyl (C=O) groups is 1. The molecule has 6 rings (SSSR count). The molecule has 32 heavy (non-hydrogen) atoms. The zero-order valence-electron chi connectivity index (χ0n) is 18.7. The molecule has 1 heterocycles. The minimum absolute atomic E-state index is 0.0533. The standard InChI is InChI=1S/C28H33N3O/c32-27(24-17-23(24)19-9-5-2-6-10-19)31-28-29-25-14-13-21(16-26(25)30-28)22-15-20(22)12-11-18-7-3-1-4-8-18/h2,5-6,9-10,13-14,16,18,20,22-24H,1,3-4,7-8,11-12,15,17H2,(H2,29,30,31,32). The summed E-state index contributed by atoms with van der Waals surface area (Å²) in [4.78, 5) is 20.6. The topological polar surface area (TPSA) is 57.8 Å². The average molecular weight is 428 g/mol. The Balaban J connectivity index is 1.05. The summed E-state index contributed by atoms with van der Waals surface area (Å²) in [5.74, 6) is 3.60. The SMILES string of the molecule is O=C(Nc1nc2ccc(C3CC3CCC3CCCCC3)cc2[nH]1)C1CC1c1ccccc1. The molecule has 3 saturated carbocycles. The summed E-state index contributed by atoms with van der Waals surface area (Å²) in [5.41, 5.74) is 4.65. The summed E-state index contributed by atoms with van der Waals surface area (Å²) in [6.45, 7) is 0. The molecule has 166 valence electrons. The van der Waals surface area contributed by atoms with Crippen LogP contribution in [0.4, 0.5) is 5.95 Å². The van der Waals surface area contributed by atoms with Crippen molar-refractivity contribution in [2.24, 2.45) is 17.8 Å². The zero-order chi connectivity index (χ0) is 21.5. The Morgan fingerprint density at radius 3 is 2.62 bits per heavy atom. The molecule has 2 aromatic carbocycles. The average Bonchev–Trinajstić information content (AvgIpc) is 3.74. The van der Waals surface area contributed by atoms with Crippen molar-refractivity contribution in [2.45, 2.75) is 69.6 Å². The predicted octanol–water partition coefficient (Wildman–Crippen LogP) is 6.77. The Hall–Kier alpha value is -2.62. The first kappa shape index (κ1) is 20.0. The zero-order valence-corrected chi connectivity index (χ0v) is 18.7. The van der Waals surface area contributed by atoms with Gasteiger partial charge in [0.2, 0.25) is 11.9 Å². The van der Waals surface area contributed by atoms with Crippen molar-refractivity contribution in [1.82, 2.24) is 9.97 Å². The van der Waals surface area contributed by atoms with Crippen LogP contribution in [0.1, 0.15) is 80.8 Å².